The lowest BCUT2D eigenvalue weighted by Crippen LogP contribution is -2.62. The molecule has 0 saturated carbocycles. The number of nitrogens with zero attached hydrogens (tertiary/aromatic N) is 3. The van der Waals surface area contributed by atoms with Crippen molar-refractivity contribution >= 4 is 41.5 Å². The van der Waals surface area contributed by atoms with Gasteiger partial charge in [0.25, 0.3) is 0 Å². The van der Waals surface area contributed by atoms with Crippen molar-refractivity contribution in [1.29, 1.82) is 0 Å². The van der Waals surface area contributed by atoms with E-state index in [4.69, 9.17) is 16.6 Å². The van der Waals surface area contributed by atoms with Crippen LogP contribution >= 0.6 is 35.6 Å². The molecular weight excluding hydrogens is 497 g/mol. The molecule has 0 bridgehead atoms. The van der Waals surface area contributed by atoms with Crippen molar-refractivity contribution in [3.8, 4) is 0 Å². The molecule has 0 spiro atoms. The summed E-state index contributed by atoms with van der Waals surface area (Å²) in [5.74, 6) is 0.887. The van der Waals surface area contributed by atoms with Crippen LogP contribution in [0.3, 0.4) is 0 Å². The molecule has 7 heteroatoms. The number of likely N-dealkylation sites (tertiary alicyclic amines) is 2. The Morgan fingerprint density at radius 2 is 1.76 bits per heavy atom. The van der Waals surface area contributed by atoms with Crippen LogP contribution < -0.4 is 10.6 Å². The standard InChI is InChI=1S/C22H36ClN5.HI/c1-3-24-21(25-17-19-9-5-6-10-20(19)23)26-18-22(11-15-27(2)16-12-22)28-13-7-4-8-14-28;/h5-6,9-10H,3-4,7-8,11-18H2,1-2H3,(H2,24,25,26);1H. The molecule has 2 aliphatic rings. The molecule has 2 heterocycles. The number of hydrogen-bond acceptors (Lipinski definition) is 3. The smallest absolute Gasteiger partial charge is 0.191 e. The second kappa shape index (κ2) is 12.3. The first kappa shape index (κ1) is 24.7. The van der Waals surface area contributed by atoms with Gasteiger partial charge in [-0.25, -0.2) is 4.99 Å². The van der Waals surface area contributed by atoms with E-state index < -0.39 is 0 Å². The van der Waals surface area contributed by atoms with Gasteiger partial charge in [0.05, 0.1) is 6.54 Å². The molecule has 0 aromatic heterocycles. The fourth-order valence-electron chi connectivity index (χ4n) is 4.39. The molecule has 1 aromatic rings. The highest BCUT2D eigenvalue weighted by molar-refractivity contribution is 14.0. The van der Waals surface area contributed by atoms with Crippen molar-refractivity contribution in [1.82, 2.24) is 20.4 Å². The molecule has 2 N–H and O–H groups in total. The Kier molecular flexibility index (Phi) is 10.5. The van der Waals surface area contributed by atoms with Gasteiger partial charge in [0, 0.05) is 23.7 Å². The minimum absolute atomic E-state index is 0. The molecule has 2 saturated heterocycles. The van der Waals surface area contributed by atoms with Crippen molar-refractivity contribution in [2.45, 2.75) is 51.1 Å². The van der Waals surface area contributed by atoms with Gasteiger partial charge in [-0.1, -0.05) is 36.2 Å². The van der Waals surface area contributed by atoms with E-state index in [2.05, 4.69) is 34.4 Å². The fraction of sp³-hybridized carbons (Fsp3) is 0.682. The molecule has 164 valence electrons. The van der Waals surface area contributed by atoms with E-state index in [-0.39, 0.29) is 29.5 Å². The number of hydrogen-bond donors (Lipinski definition) is 2. The fourth-order valence-corrected chi connectivity index (χ4v) is 4.58. The highest BCUT2D eigenvalue weighted by Crippen LogP contribution is 2.30. The number of aliphatic imine (C=N–C) groups is 1. The molecule has 0 unspecified atom stereocenters. The van der Waals surface area contributed by atoms with Crippen LogP contribution in [0.2, 0.25) is 5.02 Å². The van der Waals surface area contributed by atoms with Crippen molar-refractivity contribution < 1.29 is 0 Å². The Hall–Kier alpha value is -0.570. The molecule has 0 aliphatic carbocycles. The maximum atomic E-state index is 6.30. The summed E-state index contributed by atoms with van der Waals surface area (Å²) in [6, 6.07) is 7.95. The van der Waals surface area contributed by atoms with Crippen LogP contribution in [-0.2, 0) is 6.54 Å². The maximum Gasteiger partial charge on any atom is 0.191 e. The van der Waals surface area contributed by atoms with Crippen LogP contribution in [0.4, 0.5) is 0 Å². The first-order chi connectivity index (χ1) is 13.6. The van der Waals surface area contributed by atoms with Crippen LogP contribution in [0, 0.1) is 0 Å². The van der Waals surface area contributed by atoms with Crippen LogP contribution in [0.1, 0.15) is 44.6 Å². The quantitative estimate of drug-likeness (QED) is 0.330. The molecule has 1 aromatic carbocycles. The molecule has 0 atom stereocenters. The average molecular weight is 534 g/mol. The van der Waals surface area contributed by atoms with E-state index in [1.807, 2.05) is 24.3 Å². The van der Waals surface area contributed by atoms with E-state index in [0.29, 0.717) is 6.54 Å². The predicted octanol–water partition coefficient (Wildman–Crippen LogP) is 3.96. The van der Waals surface area contributed by atoms with E-state index in [9.17, 15) is 0 Å². The van der Waals surface area contributed by atoms with E-state index >= 15 is 0 Å². The van der Waals surface area contributed by atoms with Gasteiger partial charge in [-0.05, 0) is 77.5 Å². The van der Waals surface area contributed by atoms with Gasteiger partial charge in [0.2, 0.25) is 0 Å². The minimum Gasteiger partial charge on any atom is -0.357 e. The van der Waals surface area contributed by atoms with Gasteiger partial charge in [0.1, 0.15) is 0 Å². The number of halogens is 2. The minimum atomic E-state index is 0. The van der Waals surface area contributed by atoms with Gasteiger partial charge >= 0.3 is 0 Å². The summed E-state index contributed by atoms with van der Waals surface area (Å²) in [4.78, 5) is 10.0. The van der Waals surface area contributed by atoms with E-state index in [0.717, 1.165) is 29.6 Å². The zero-order valence-electron chi connectivity index (χ0n) is 17.9. The van der Waals surface area contributed by atoms with Crippen molar-refractivity contribution in [3.05, 3.63) is 34.9 Å². The maximum absolute atomic E-state index is 6.30. The predicted molar refractivity (Wildman–Crippen MR) is 135 cm³/mol. The third-order valence-corrected chi connectivity index (χ3v) is 6.61. The SMILES string of the molecule is CCNC(=NCc1ccccc1Cl)NCC1(N2CCCCC2)CCN(C)CC1.I. The van der Waals surface area contributed by atoms with Crippen LogP contribution in [0.5, 0.6) is 0 Å². The largest absolute Gasteiger partial charge is 0.357 e. The number of guanidine groups is 1. The van der Waals surface area contributed by atoms with Crippen LogP contribution in [0.25, 0.3) is 0 Å². The van der Waals surface area contributed by atoms with Crippen molar-refractivity contribution in [2.75, 3.05) is 46.3 Å². The highest BCUT2D eigenvalue weighted by atomic mass is 127. The Labute approximate surface area is 198 Å². The lowest BCUT2D eigenvalue weighted by atomic mass is 9.84. The third-order valence-electron chi connectivity index (χ3n) is 6.24. The van der Waals surface area contributed by atoms with Gasteiger partial charge in [-0.3, -0.25) is 4.90 Å². The summed E-state index contributed by atoms with van der Waals surface area (Å²) in [7, 11) is 2.24. The van der Waals surface area contributed by atoms with Gasteiger partial charge in [-0.2, -0.15) is 0 Å². The molecule has 0 amide bonds. The summed E-state index contributed by atoms with van der Waals surface area (Å²) in [6.45, 7) is 9.33. The summed E-state index contributed by atoms with van der Waals surface area (Å²) in [5.41, 5.74) is 1.31. The summed E-state index contributed by atoms with van der Waals surface area (Å²) < 4.78 is 0. The average Bonchev–Trinajstić information content (AvgIpc) is 2.73. The second-order valence-electron chi connectivity index (χ2n) is 8.22. The molecule has 2 aliphatic heterocycles. The number of nitrogens with one attached hydrogen (secondary N) is 2. The Morgan fingerprint density at radius 3 is 2.41 bits per heavy atom. The van der Waals surface area contributed by atoms with Gasteiger partial charge < -0.3 is 15.5 Å². The first-order valence-electron chi connectivity index (χ1n) is 10.8. The summed E-state index contributed by atoms with van der Waals surface area (Å²) in [5, 5.41) is 7.86. The summed E-state index contributed by atoms with van der Waals surface area (Å²) in [6.07, 6.45) is 6.49. The number of rotatable bonds is 6. The normalized spacial score (nSPS) is 20.7. The summed E-state index contributed by atoms with van der Waals surface area (Å²) >= 11 is 6.30. The Morgan fingerprint density at radius 1 is 1.07 bits per heavy atom. The first-order valence-corrected chi connectivity index (χ1v) is 11.2. The molecule has 29 heavy (non-hydrogen) atoms. The van der Waals surface area contributed by atoms with Crippen molar-refractivity contribution in [3.63, 3.8) is 0 Å². The lowest BCUT2D eigenvalue weighted by Gasteiger charge is -2.50. The Balaban J connectivity index is 0.00000300. The van der Waals surface area contributed by atoms with Crippen molar-refractivity contribution in [2.24, 2.45) is 4.99 Å². The molecule has 0 radical (unpaired) electrons. The second-order valence-corrected chi connectivity index (χ2v) is 8.62. The van der Waals surface area contributed by atoms with Crippen LogP contribution in [-0.4, -0.2) is 67.6 Å². The van der Waals surface area contributed by atoms with Crippen LogP contribution in [0.15, 0.2) is 29.3 Å². The van der Waals surface area contributed by atoms with E-state index in [1.54, 1.807) is 0 Å². The molecular formula is C22H37ClIN5. The topological polar surface area (TPSA) is 42.9 Å². The lowest BCUT2D eigenvalue weighted by molar-refractivity contribution is 0.0173. The molecule has 3 rings (SSSR count). The third kappa shape index (κ3) is 6.97. The highest BCUT2D eigenvalue weighted by Gasteiger charge is 2.39. The van der Waals surface area contributed by atoms with Gasteiger partial charge in [-0.15, -0.1) is 24.0 Å². The van der Waals surface area contributed by atoms with Gasteiger partial charge in [0.15, 0.2) is 5.96 Å². The molecule has 2 fully saturated rings. The monoisotopic (exact) mass is 533 g/mol. The number of benzene rings is 1. The zero-order valence-corrected chi connectivity index (χ0v) is 21.0. The Bertz CT molecular complexity index is 640. The van der Waals surface area contributed by atoms with E-state index in [1.165, 1.54) is 58.3 Å². The molecule has 5 nitrogen and oxygen atoms in total. The zero-order chi connectivity index (χ0) is 19.8. The number of piperidine rings is 2.